The zero-order valence-corrected chi connectivity index (χ0v) is 18.6. The second-order valence-corrected chi connectivity index (χ2v) is 10.1. The number of aromatic nitrogens is 2. The third kappa shape index (κ3) is 4.29. The fourth-order valence-corrected chi connectivity index (χ4v) is 4.52. The number of halogens is 1. The monoisotopic (exact) mass is 456 g/mol. The molecule has 0 bridgehead atoms. The van der Waals surface area contributed by atoms with E-state index in [9.17, 15) is 22.4 Å². The highest BCUT2D eigenvalue weighted by molar-refractivity contribution is 7.89. The summed E-state index contributed by atoms with van der Waals surface area (Å²) in [6.45, 7) is 1.82. The highest BCUT2D eigenvalue weighted by Crippen LogP contribution is 2.29. The van der Waals surface area contributed by atoms with Crippen LogP contribution in [0.3, 0.4) is 0 Å². The second-order valence-electron chi connectivity index (χ2n) is 7.96. The van der Waals surface area contributed by atoms with Gasteiger partial charge in [-0.15, -0.1) is 0 Å². The quantitative estimate of drug-likeness (QED) is 0.460. The highest BCUT2D eigenvalue weighted by Gasteiger charge is 2.19. The van der Waals surface area contributed by atoms with Crippen molar-refractivity contribution in [1.82, 2.24) is 9.13 Å². The molecule has 0 unspecified atom stereocenters. The molecular formula is C23H21FN2O5S. The Morgan fingerprint density at radius 2 is 1.72 bits per heavy atom. The number of hydrogen-bond donors (Lipinski definition) is 0. The minimum absolute atomic E-state index is 0.125. The van der Waals surface area contributed by atoms with Crippen LogP contribution in [0.2, 0.25) is 0 Å². The van der Waals surface area contributed by atoms with Gasteiger partial charge < -0.3 is 8.98 Å². The summed E-state index contributed by atoms with van der Waals surface area (Å²) in [5.41, 5.74) is 3.38. The van der Waals surface area contributed by atoms with Crippen molar-refractivity contribution in [1.29, 1.82) is 0 Å². The maximum atomic E-state index is 13.3. The summed E-state index contributed by atoms with van der Waals surface area (Å²) < 4.78 is 45.7. The molecule has 0 fully saturated rings. The van der Waals surface area contributed by atoms with Crippen molar-refractivity contribution in [3.05, 3.63) is 92.1 Å². The first-order valence-corrected chi connectivity index (χ1v) is 11.8. The van der Waals surface area contributed by atoms with Gasteiger partial charge >= 0.3 is 5.76 Å². The van der Waals surface area contributed by atoms with Gasteiger partial charge in [-0.2, -0.15) is 0 Å². The summed E-state index contributed by atoms with van der Waals surface area (Å²) in [5, 5.41) is 0. The Balaban J connectivity index is 1.96. The van der Waals surface area contributed by atoms with Crippen molar-refractivity contribution in [2.45, 2.75) is 19.2 Å². The van der Waals surface area contributed by atoms with Crippen LogP contribution in [0.4, 0.5) is 4.39 Å². The van der Waals surface area contributed by atoms with Crippen LogP contribution >= 0.6 is 0 Å². The fraction of sp³-hybridized carbons (Fsp3) is 0.217. The fourth-order valence-electron chi connectivity index (χ4n) is 3.75. The van der Waals surface area contributed by atoms with E-state index in [1.54, 1.807) is 50.5 Å². The number of sulfone groups is 1. The maximum absolute atomic E-state index is 13.3. The first-order chi connectivity index (χ1) is 15.0. The van der Waals surface area contributed by atoms with Crippen molar-refractivity contribution in [2.75, 3.05) is 6.26 Å². The molecule has 0 N–H and O–H groups in total. The Bertz CT molecular complexity index is 1530. The number of benzene rings is 2. The average Bonchev–Trinajstić information content (AvgIpc) is 3.02. The first-order valence-electron chi connectivity index (χ1n) is 9.78. The molecule has 0 aliphatic heterocycles. The van der Waals surface area contributed by atoms with Crippen molar-refractivity contribution in [3.8, 4) is 11.1 Å². The molecule has 32 heavy (non-hydrogen) atoms. The van der Waals surface area contributed by atoms with Gasteiger partial charge in [0.15, 0.2) is 15.4 Å². The smallest absolute Gasteiger partial charge is 0.407 e. The molecule has 2 aromatic carbocycles. The number of hydrogen-bond acceptors (Lipinski definition) is 5. The molecule has 0 saturated carbocycles. The van der Waals surface area contributed by atoms with Gasteiger partial charge in [-0.3, -0.25) is 9.36 Å². The Hall–Kier alpha value is -3.46. The van der Waals surface area contributed by atoms with Gasteiger partial charge in [0.25, 0.3) is 5.56 Å². The van der Waals surface area contributed by atoms with E-state index in [1.165, 1.54) is 21.3 Å². The summed E-state index contributed by atoms with van der Waals surface area (Å²) in [6.07, 6.45) is 2.76. The molecule has 9 heteroatoms. The standard InChI is InChI=1S/C23H21FN2O5S/c1-14-8-17(12-25(2)22(14)27)16-9-18(13-32(3,29)30)21-20(10-16)26(23(28)31-21)11-15-4-6-19(24)7-5-15/h4-10,12H,11,13H2,1-3H3. The molecule has 2 aromatic heterocycles. The third-order valence-electron chi connectivity index (χ3n) is 5.21. The van der Waals surface area contributed by atoms with Gasteiger partial charge in [-0.25, -0.2) is 17.6 Å². The number of fused-ring (bicyclic) bond motifs is 1. The van der Waals surface area contributed by atoms with Crippen LogP contribution in [0.15, 0.2) is 62.7 Å². The van der Waals surface area contributed by atoms with E-state index in [2.05, 4.69) is 0 Å². The van der Waals surface area contributed by atoms with E-state index in [-0.39, 0.29) is 29.3 Å². The molecular weight excluding hydrogens is 435 g/mol. The molecule has 0 aliphatic carbocycles. The molecule has 0 spiro atoms. The van der Waals surface area contributed by atoms with Crippen molar-refractivity contribution < 1.29 is 17.2 Å². The lowest BCUT2D eigenvalue weighted by molar-refractivity contribution is 0.515. The van der Waals surface area contributed by atoms with Gasteiger partial charge in [0.2, 0.25) is 0 Å². The van der Waals surface area contributed by atoms with Crippen LogP contribution in [-0.2, 0) is 29.2 Å². The van der Waals surface area contributed by atoms with E-state index in [0.717, 1.165) is 6.26 Å². The normalized spacial score (nSPS) is 11.9. The predicted octanol–water partition coefficient (Wildman–Crippen LogP) is 3.00. The van der Waals surface area contributed by atoms with E-state index >= 15 is 0 Å². The van der Waals surface area contributed by atoms with Crippen molar-refractivity contribution in [2.24, 2.45) is 7.05 Å². The van der Waals surface area contributed by atoms with Gasteiger partial charge in [0.05, 0.1) is 17.8 Å². The van der Waals surface area contributed by atoms with Crippen molar-refractivity contribution >= 4 is 20.9 Å². The van der Waals surface area contributed by atoms with Crippen LogP contribution in [0.1, 0.15) is 16.7 Å². The maximum Gasteiger partial charge on any atom is 0.420 e. The summed E-state index contributed by atoms with van der Waals surface area (Å²) in [4.78, 5) is 24.8. The predicted molar refractivity (Wildman–Crippen MR) is 120 cm³/mol. The lowest BCUT2D eigenvalue weighted by Gasteiger charge is -2.10. The largest absolute Gasteiger partial charge is 0.420 e. The van der Waals surface area contributed by atoms with E-state index in [1.807, 2.05) is 0 Å². The van der Waals surface area contributed by atoms with E-state index < -0.39 is 15.6 Å². The van der Waals surface area contributed by atoms with E-state index in [0.29, 0.717) is 33.3 Å². The second kappa shape index (κ2) is 7.90. The molecule has 4 aromatic rings. The van der Waals surface area contributed by atoms with Gasteiger partial charge in [-0.05, 0) is 53.9 Å². The van der Waals surface area contributed by atoms with Gasteiger partial charge in [-0.1, -0.05) is 12.1 Å². The third-order valence-corrected chi connectivity index (χ3v) is 6.05. The first kappa shape index (κ1) is 21.8. The van der Waals surface area contributed by atoms with Crippen LogP contribution in [0, 0.1) is 12.7 Å². The number of nitrogens with zero attached hydrogens (tertiary/aromatic N) is 2. The summed E-state index contributed by atoms with van der Waals surface area (Å²) >= 11 is 0. The molecule has 0 amide bonds. The summed E-state index contributed by atoms with van der Waals surface area (Å²) in [7, 11) is -1.79. The molecule has 4 rings (SSSR count). The lowest BCUT2D eigenvalue weighted by atomic mass is 10.0. The Kier molecular flexibility index (Phi) is 5.37. The molecule has 0 saturated heterocycles. The molecule has 166 valence electrons. The summed E-state index contributed by atoms with van der Waals surface area (Å²) in [6, 6.07) is 10.8. The van der Waals surface area contributed by atoms with Crippen LogP contribution < -0.4 is 11.3 Å². The minimum atomic E-state index is -3.43. The number of rotatable bonds is 5. The Morgan fingerprint density at radius 3 is 2.34 bits per heavy atom. The van der Waals surface area contributed by atoms with E-state index in [4.69, 9.17) is 4.42 Å². The Labute approximate surface area is 183 Å². The average molecular weight is 456 g/mol. The number of oxazole rings is 1. The molecule has 0 atom stereocenters. The lowest BCUT2D eigenvalue weighted by Crippen LogP contribution is -2.18. The van der Waals surface area contributed by atoms with Crippen LogP contribution in [0.25, 0.3) is 22.2 Å². The van der Waals surface area contributed by atoms with Crippen LogP contribution in [-0.4, -0.2) is 23.8 Å². The zero-order chi connectivity index (χ0) is 23.2. The SMILES string of the molecule is Cc1cc(-c2cc(CS(C)(=O)=O)c3oc(=O)n(Cc4ccc(F)cc4)c3c2)cn(C)c1=O. The molecule has 7 nitrogen and oxygen atoms in total. The molecule has 0 aliphatic rings. The van der Waals surface area contributed by atoms with Crippen molar-refractivity contribution in [3.63, 3.8) is 0 Å². The topological polar surface area (TPSA) is 91.3 Å². The zero-order valence-electron chi connectivity index (χ0n) is 17.8. The van der Waals surface area contributed by atoms with Gasteiger partial charge in [0.1, 0.15) is 5.82 Å². The minimum Gasteiger partial charge on any atom is -0.407 e. The van der Waals surface area contributed by atoms with Gasteiger partial charge in [0, 0.05) is 30.6 Å². The summed E-state index contributed by atoms with van der Waals surface area (Å²) in [5.74, 6) is -1.35. The number of aryl methyl sites for hydroxylation is 2. The number of pyridine rings is 1. The molecule has 0 radical (unpaired) electrons. The molecule has 2 heterocycles. The highest BCUT2D eigenvalue weighted by atomic mass is 32.2. The van der Waals surface area contributed by atoms with Crippen LogP contribution in [0.5, 0.6) is 0 Å². The Morgan fingerprint density at radius 1 is 1.03 bits per heavy atom.